The van der Waals surface area contributed by atoms with Crippen molar-refractivity contribution in [3.8, 4) is 11.3 Å². The van der Waals surface area contributed by atoms with Gasteiger partial charge in [0.1, 0.15) is 11.6 Å². The Kier molecular flexibility index (Phi) is 7.51. The molecule has 39 heavy (non-hydrogen) atoms. The number of hydrogen-bond acceptors (Lipinski definition) is 8. The molecule has 2 aromatic carbocycles. The summed E-state index contributed by atoms with van der Waals surface area (Å²) in [5, 5.41) is 11.7. The number of hydrogen-bond donors (Lipinski definition) is 2. The van der Waals surface area contributed by atoms with E-state index in [-0.39, 0.29) is 22.5 Å². The highest BCUT2D eigenvalue weighted by Crippen LogP contribution is 2.25. The summed E-state index contributed by atoms with van der Waals surface area (Å²) in [6.07, 6.45) is 1.37. The van der Waals surface area contributed by atoms with E-state index in [1.54, 1.807) is 32.0 Å². The van der Waals surface area contributed by atoms with Crippen LogP contribution in [0.1, 0.15) is 24.4 Å². The van der Waals surface area contributed by atoms with Crippen molar-refractivity contribution >= 4 is 33.3 Å². The Morgan fingerprint density at radius 2 is 1.62 bits per heavy atom. The van der Waals surface area contributed by atoms with E-state index in [1.807, 2.05) is 42.5 Å². The van der Waals surface area contributed by atoms with Gasteiger partial charge in [-0.1, -0.05) is 30.3 Å². The third-order valence-corrected chi connectivity index (χ3v) is 7.92. The number of rotatable bonds is 7. The van der Waals surface area contributed by atoms with Gasteiger partial charge in [-0.25, -0.2) is 18.4 Å². The maximum Gasteiger partial charge on any atom is 0.263 e. The van der Waals surface area contributed by atoms with Crippen molar-refractivity contribution < 1.29 is 13.2 Å². The van der Waals surface area contributed by atoms with E-state index >= 15 is 0 Å². The zero-order valence-electron chi connectivity index (χ0n) is 21.7. The normalized spacial score (nSPS) is 14.2. The molecule has 0 radical (unpaired) electrons. The van der Waals surface area contributed by atoms with E-state index in [1.165, 1.54) is 12.1 Å². The Bertz CT molecular complexity index is 1530. The van der Waals surface area contributed by atoms with Crippen LogP contribution in [0.15, 0.2) is 77.7 Å². The van der Waals surface area contributed by atoms with Gasteiger partial charge in [-0.15, -0.1) is 10.2 Å². The Morgan fingerprint density at radius 3 is 2.26 bits per heavy atom. The van der Waals surface area contributed by atoms with E-state index in [2.05, 4.69) is 35.1 Å². The molecule has 0 aliphatic carbocycles. The molecule has 5 rings (SSSR count). The molecule has 0 spiro atoms. The van der Waals surface area contributed by atoms with E-state index in [4.69, 9.17) is 0 Å². The highest BCUT2D eigenvalue weighted by molar-refractivity contribution is 7.92. The smallest absolute Gasteiger partial charge is 0.263 e. The fourth-order valence-corrected chi connectivity index (χ4v) is 5.55. The van der Waals surface area contributed by atoms with Crippen LogP contribution in [0.25, 0.3) is 11.3 Å². The zero-order valence-corrected chi connectivity index (χ0v) is 22.5. The van der Waals surface area contributed by atoms with Crippen LogP contribution in [0, 0.1) is 19.8 Å². The second-order valence-electron chi connectivity index (χ2n) is 9.47. The summed E-state index contributed by atoms with van der Waals surface area (Å²) in [5.41, 5.74) is 3.04. The third-order valence-electron chi connectivity index (χ3n) is 6.55. The van der Waals surface area contributed by atoms with Crippen molar-refractivity contribution in [2.24, 2.45) is 5.92 Å². The molecule has 0 atom stereocenters. The van der Waals surface area contributed by atoms with Gasteiger partial charge in [-0.3, -0.25) is 9.52 Å². The van der Waals surface area contributed by atoms with Gasteiger partial charge in [-0.2, -0.15) is 0 Å². The fourth-order valence-electron chi connectivity index (χ4n) is 4.56. The number of anilines is 3. The molecule has 4 aromatic rings. The van der Waals surface area contributed by atoms with Crippen molar-refractivity contribution in [1.29, 1.82) is 0 Å². The van der Waals surface area contributed by atoms with Crippen molar-refractivity contribution in [2.75, 3.05) is 28.0 Å². The van der Waals surface area contributed by atoms with Gasteiger partial charge in [0.05, 0.1) is 10.6 Å². The largest absolute Gasteiger partial charge is 0.355 e. The number of benzene rings is 2. The molecule has 1 fully saturated rings. The molecule has 11 heteroatoms. The molecule has 200 valence electrons. The van der Waals surface area contributed by atoms with Crippen LogP contribution < -0.4 is 14.9 Å². The molecule has 2 aromatic heterocycles. The van der Waals surface area contributed by atoms with Gasteiger partial charge >= 0.3 is 0 Å². The summed E-state index contributed by atoms with van der Waals surface area (Å²) in [6, 6.07) is 21.5. The number of nitrogens with zero attached hydrogens (tertiary/aromatic N) is 5. The lowest BCUT2D eigenvalue weighted by Gasteiger charge is -2.31. The lowest BCUT2D eigenvalue weighted by atomic mass is 9.96. The number of aromatic nitrogens is 4. The molecule has 1 saturated heterocycles. The van der Waals surface area contributed by atoms with E-state index in [0.29, 0.717) is 43.1 Å². The lowest BCUT2D eigenvalue weighted by molar-refractivity contribution is -0.120. The van der Waals surface area contributed by atoms with Crippen LogP contribution in [0.5, 0.6) is 0 Å². The maximum atomic E-state index is 12.9. The average Bonchev–Trinajstić information content (AvgIpc) is 2.93. The van der Waals surface area contributed by atoms with Gasteiger partial charge in [0.15, 0.2) is 5.82 Å². The van der Waals surface area contributed by atoms with Crippen molar-refractivity contribution in [2.45, 2.75) is 31.6 Å². The van der Waals surface area contributed by atoms with Gasteiger partial charge in [0.2, 0.25) is 5.91 Å². The molecule has 1 aliphatic heterocycles. The summed E-state index contributed by atoms with van der Waals surface area (Å²) in [6.45, 7) is 4.86. The minimum atomic E-state index is -3.83. The Labute approximate surface area is 227 Å². The highest BCUT2D eigenvalue weighted by atomic mass is 32.2. The summed E-state index contributed by atoms with van der Waals surface area (Å²) in [7, 11) is -3.83. The molecular formula is C28H29N7O3S. The number of carbonyl (C=O) groups is 1. The van der Waals surface area contributed by atoms with Crippen LogP contribution in [0.2, 0.25) is 0 Å². The number of nitrogens with one attached hydrogen (secondary N) is 2. The summed E-state index contributed by atoms with van der Waals surface area (Å²) in [4.78, 5) is 23.4. The van der Waals surface area contributed by atoms with Crippen molar-refractivity contribution in [1.82, 2.24) is 20.2 Å². The van der Waals surface area contributed by atoms with Gasteiger partial charge in [-0.05, 0) is 63.1 Å². The number of amides is 1. The molecule has 2 N–H and O–H groups in total. The van der Waals surface area contributed by atoms with E-state index in [0.717, 1.165) is 17.1 Å². The fraction of sp³-hybridized carbons (Fsp3) is 0.250. The van der Waals surface area contributed by atoms with Crippen LogP contribution in [-0.4, -0.2) is 47.6 Å². The number of aryl methyl sites for hydroxylation is 2. The Balaban J connectivity index is 1.15. The van der Waals surface area contributed by atoms with E-state index < -0.39 is 10.0 Å². The lowest BCUT2D eigenvalue weighted by Crippen LogP contribution is -2.38. The second kappa shape index (κ2) is 11.2. The highest BCUT2D eigenvalue weighted by Gasteiger charge is 2.26. The quantitative estimate of drug-likeness (QED) is 0.355. The molecule has 0 saturated carbocycles. The SMILES string of the molecule is Cc1cc(NS(=O)(=O)c2ccc(NC(=O)C3CCN(c4ccc(-c5ccccc5)nn4)CC3)cc2)nc(C)n1. The molecule has 10 nitrogen and oxygen atoms in total. The Hall–Kier alpha value is -4.38. The van der Waals surface area contributed by atoms with Crippen LogP contribution in [0.3, 0.4) is 0 Å². The zero-order chi connectivity index (χ0) is 27.4. The third kappa shape index (κ3) is 6.37. The van der Waals surface area contributed by atoms with Crippen molar-refractivity contribution in [3.63, 3.8) is 0 Å². The molecule has 0 unspecified atom stereocenters. The molecule has 1 aliphatic rings. The number of carbonyl (C=O) groups excluding carboxylic acids is 1. The van der Waals surface area contributed by atoms with Gasteiger partial charge in [0.25, 0.3) is 10.0 Å². The van der Waals surface area contributed by atoms with Gasteiger partial charge in [0, 0.05) is 42.0 Å². The first-order chi connectivity index (χ1) is 18.8. The monoisotopic (exact) mass is 543 g/mol. The maximum absolute atomic E-state index is 12.9. The minimum absolute atomic E-state index is 0.0714. The number of piperidine rings is 1. The minimum Gasteiger partial charge on any atom is -0.355 e. The molecular weight excluding hydrogens is 514 g/mol. The Morgan fingerprint density at radius 1 is 0.897 bits per heavy atom. The first-order valence-electron chi connectivity index (χ1n) is 12.7. The second-order valence-corrected chi connectivity index (χ2v) is 11.1. The average molecular weight is 544 g/mol. The van der Waals surface area contributed by atoms with Crippen LogP contribution in [0.4, 0.5) is 17.3 Å². The van der Waals surface area contributed by atoms with E-state index in [9.17, 15) is 13.2 Å². The number of sulfonamides is 1. The standard InChI is InChI=1S/C28H29N7O3S/c1-19-18-26(30-20(2)29-19)34-39(37,38)24-10-8-23(9-11-24)31-28(36)22-14-16-35(17-15-22)27-13-12-25(32-33-27)21-6-4-3-5-7-21/h3-13,18,22H,14-17H2,1-2H3,(H,31,36)(H,29,30,34). The topological polar surface area (TPSA) is 130 Å². The first kappa shape index (κ1) is 26.2. The predicted molar refractivity (Wildman–Crippen MR) is 150 cm³/mol. The molecule has 1 amide bonds. The van der Waals surface area contributed by atoms with Gasteiger partial charge < -0.3 is 10.2 Å². The predicted octanol–water partition coefficient (Wildman–Crippen LogP) is 4.21. The summed E-state index contributed by atoms with van der Waals surface area (Å²) >= 11 is 0. The summed E-state index contributed by atoms with van der Waals surface area (Å²) in [5.74, 6) is 1.26. The molecule has 3 heterocycles. The van der Waals surface area contributed by atoms with Crippen LogP contribution >= 0.6 is 0 Å². The summed E-state index contributed by atoms with van der Waals surface area (Å²) < 4.78 is 28.0. The molecule has 0 bridgehead atoms. The van der Waals surface area contributed by atoms with Crippen LogP contribution in [-0.2, 0) is 14.8 Å². The van der Waals surface area contributed by atoms with Crippen molar-refractivity contribution in [3.05, 3.63) is 84.3 Å². The first-order valence-corrected chi connectivity index (χ1v) is 14.2.